The van der Waals surface area contributed by atoms with E-state index in [0.29, 0.717) is 12.5 Å². The molecule has 150 valence electrons. The van der Waals surface area contributed by atoms with Crippen molar-refractivity contribution in [3.63, 3.8) is 0 Å². The zero-order valence-corrected chi connectivity index (χ0v) is 14.8. The minimum atomic E-state index is -1.56. The van der Waals surface area contributed by atoms with Crippen molar-refractivity contribution in [3.8, 4) is 0 Å². The lowest BCUT2D eigenvalue weighted by molar-refractivity contribution is -0.154. The number of hydrogen-bond acceptors (Lipinski definition) is 5. The molecule has 9 heteroatoms. The number of carbonyl (C=O) groups is 3. The Balaban J connectivity index is 1.76. The summed E-state index contributed by atoms with van der Waals surface area (Å²) in [5.41, 5.74) is -1.46. The van der Waals surface area contributed by atoms with E-state index >= 15 is 0 Å². The Hall–Kier alpha value is -2.97. The smallest absolute Gasteiger partial charge is 0.408 e. The van der Waals surface area contributed by atoms with Gasteiger partial charge in [-0.3, -0.25) is 4.79 Å². The van der Waals surface area contributed by atoms with Crippen molar-refractivity contribution < 1.29 is 37.7 Å². The van der Waals surface area contributed by atoms with E-state index in [1.807, 2.05) is 0 Å². The molecule has 0 radical (unpaired) electrons. The Morgan fingerprint density at radius 3 is 2.50 bits per heavy atom. The molecule has 1 aromatic rings. The maximum atomic E-state index is 13.3. The molecule has 0 unspecified atom stereocenters. The molecule has 0 heterocycles. The number of carboxylic acids is 1. The van der Waals surface area contributed by atoms with Crippen LogP contribution in [0.4, 0.5) is 13.6 Å². The molecule has 0 aliphatic heterocycles. The van der Waals surface area contributed by atoms with Gasteiger partial charge >= 0.3 is 18.0 Å². The average Bonchev–Trinajstić information content (AvgIpc) is 3.26. The fourth-order valence-electron chi connectivity index (χ4n) is 4.06. The van der Waals surface area contributed by atoms with Gasteiger partial charge in [0.05, 0.1) is 5.92 Å². The lowest BCUT2D eigenvalue weighted by Gasteiger charge is -2.30. The van der Waals surface area contributed by atoms with Crippen molar-refractivity contribution in [1.82, 2.24) is 5.32 Å². The minimum absolute atomic E-state index is 0.0873. The van der Waals surface area contributed by atoms with E-state index < -0.39 is 53.6 Å². The number of ether oxygens (including phenoxy) is 2. The number of carbonyl (C=O) groups excluding carboxylic acids is 2. The standard InChI is InChI=1S/C19H19F2NO6/c1-2-5-27-18(26)22-19(4-3-13-14(15(13)19)16(23)24)17(25)28-9-10-6-11(20)8-12(21)7-10/h2,6-8,13-15H,1,3-5,9H2,(H,22,26)(H,23,24)/t13-,14-,15-,19-/m0/s1. The van der Waals surface area contributed by atoms with Crippen molar-refractivity contribution in [2.75, 3.05) is 6.61 Å². The molecule has 0 saturated heterocycles. The van der Waals surface area contributed by atoms with Crippen LogP contribution in [0.5, 0.6) is 0 Å². The molecule has 3 rings (SSSR count). The Morgan fingerprint density at radius 1 is 1.25 bits per heavy atom. The molecule has 2 aliphatic carbocycles. The number of carboxylic acid groups (broad SMARTS) is 1. The molecule has 0 spiro atoms. The van der Waals surface area contributed by atoms with Crippen molar-refractivity contribution in [3.05, 3.63) is 48.1 Å². The van der Waals surface area contributed by atoms with E-state index in [2.05, 4.69) is 11.9 Å². The van der Waals surface area contributed by atoms with Crippen LogP contribution in [-0.2, 0) is 25.7 Å². The maximum Gasteiger partial charge on any atom is 0.408 e. The predicted molar refractivity (Wildman–Crippen MR) is 90.9 cm³/mol. The molecule has 28 heavy (non-hydrogen) atoms. The normalized spacial score (nSPS) is 27.4. The minimum Gasteiger partial charge on any atom is -0.481 e. The number of amides is 1. The third-order valence-corrected chi connectivity index (χ3v) is 5.21. The lowest BCUT2D eigenvalue weighted by Crippen LogP contribution is -2.56. The fourth-order valence-corrected chi connectivity index (χ4v) is 4.06. The van der Waals surface area contributed by atoms with Crippen LogP contribution in [-0.4, -0.2) is 35.3 Å². The second kappa shape index (κ2) is 7.57. The third kappa shape index (κ3) is 3.69. The van der Waals surface area contributed by atoms with Gasteiger partial charge in [0.1, 0.15) is 30.4 Å². The molecule has 1 amide bonds. The van der Waals surface area contributed by atoms with Gasteiger partial charge in [-0.05, 0) is 36.5 Å². The molecule has 2 N–H and O–H groups in total. The van der Waals surface area contributed by atoms with E-state index in [4.69, 9.17) is 9.47 Å². The second-order valence-corrected chi connectivity index (χ2v) is 6.93. The van der Waals surface area contributed by atoms with Gasteiger partial charge in [0, 0.05) is 12.0 Å². The van der Waals surface area contributed by atoms with E-state index in [-0.39, 0.29) is 24.5 Å². The number of hydrogen-bond donors (Lipinski definition) is 2. The van der Waals surface area contributed by atoms with Crippen LogP contribution in [0.2, 0.25) is 0 Å². The maximum absolute atomic E-state index is 13.3. The summed E-state index contributed by atoms with van der Waals surface area (Å²) in [6.07, 6.45) is 1.06. The van der Waals surface area contributed by atoms with Gasteiger partial charge in [-0.25, -0.2) is 18.4 Å². The number of nitrogens with one attached hydrogen (secondary N) is 1. The number of esters is 1. The topological polar surface area (TPSA) is 102 Å². The summed E-state index contributed by atoms with van der Waals surface area (Å²) in [6.45, 7) is 2.91. The van der Waals surface area contributed by atoms with E-state index in [1.54, 1.807) is 0 Å². The lowest BCUT2D eigenvalue weighted by atomic mass is 9.90. The first kappa shape index (κ1) is 19.8. The number of halogens is 2. The van der Waals surface area contributed by atoms with Crippen molar-refractivity contribution >= 4 is 18.0 Å². The predicted octanol–water partition coefficient (Wildman–Crippen LogP) is 2.40. The molecule has 0 bridgehead atoms. The molecular formula is C19H19F2NO6. The quantitative estimate of drug-likeness (QED) is 0.543. The monoisotopic (exact) mass is 395 g/mol. The first-order chi connectivity index (χ1) is 13.3. The summed E-state index contributed by atoms with van der Waals surface area (Å²) in [5, 5.41) is 11.8. The zero-order chi connectivity index (χ0) is 20.5. The molecule has 0 aromatic heterocycles. The summed E-state index contributed by atoms with van der Waals surface area (Å²) in [5.74, 6) is -5.20. The first-order valence-corrected chi connectivity index (χ1v) is 8.69. The largest absolute Gasteiger partial charge is 0.481 e. The van der Waals surface area contributed by atoms with Crippen molar-refractivity contribution in [1.29, 1.82) is 0 Å². The second-order valence-electron chi connectivity index (χ2n) is 6.93. The molecule has 4 atom stereocenters. The molecule has 2 saturated carbocycles. The zero-order valence-electron chi connectivity index (χ0n) is 14.8. The summed E-state index contributed by atoms with van der Waals surface area (Å²) in [7, 11) is 0. The van der Waals surface area contributed by atoms with Crippen LogP contribution in [0.15, 0.2) is 30.9 Å². The SMILES string of the molecule is C=CCOC(=O)N[C@@]1(C(=O)OCc2cc(F)cc(F)c2)CC[C@H]2[C@H](C(=O)O)[C@H]21. The average molecular weight is 395 g/mol. The molecule has 2 aliphatic rings. The van der Waals surface area contributed by atoms with Gasteiger partial charge in [0.2, 0.25) is 0 Å². The Kier molecular flexibility index (Phi) is 5.35. The molecular weight excluding hydrogens is 376 g/mol. The third-order valence-electron chi connectivity index (χ3n) is 5.21. The number of alkyl carbamates (subject to hydrolysis) is 1. The number of rotatable bonds is 7. The fraction of sp³-hybridized carbons (Fsp3) is 0.421. The van der Waals surface area contributed by atoms with Crippen LogP contribution in [0.3, 0.4) is 0 Å². The Morgan fingerprint density at radius 2 is 1.93 bits per heavy atom. The van der Waals surface area contributed by atoms with Gasteiger partial charge in [0.15, 0.2) is 0 Å². The van der Waals surface area contributed by atoms with Crippen LogP contribution in [0.1, 0.15) is 18.4 Å². The van der Waals surface area contributed by atoms with Crippen molar-refractivity contribution in [2.45, 2.75) is 25.0 Å². The number of aliphatic carboxylic acids is 1. The Labute approximate surface area is 159 Å². The number of fused-ring (bicyclic) bond motifs is 1. The van der Waals surface area contributed by atoms with Crippen LogP contribution >= 0.6 is 0 Å². The molecule has 2 fully saturated rings. The van der Waals surface area contributed by atoms with Gasteiger partial charge < -0.3 is 19.9 Å². The highest BCUT2D eigenvalue weighted by atomic mass is 19.1. The summed E-state index contributed by atoms with van der Waals surface area (Å²) in [4.78, 5) is 36.3. The highest BCUT2D eigenvalue weighted by Crippen LogP contribution is 2.62. The number of benzene rings is 1. The van der Waals surface area contributed by atoms with E-state index in [9.17, 15) is 28.3 Å². The first-order valence-electron chi connectivity index (χ1n) is 8.69. The molecule has 1 aromatic carbocycles. The van der Waals surface area contributed by atoms with Gasteiger partial charge in [0.25, 0.3) is 0 Å². The van der Waals surface area contributed by atoms with E-state index in [1.165, 1.54) is 6.08 Å². The Bertz CT molecular complexity index is 808. The highest BCUT2D eigenvalue weighted by Gasteiger charge is 2.72. The van der Waals surface area contributed by atoms with Gasteiger partial charge in [-0.1, -0.05) is 12.7 Å². The summed E-state index contributed by atoms with van der Waals surface area (Å²) in [6, 6.07) is 2.72. The van der Waals surface area contributed by atoms with Crippen LogP contribution in [0, 0.1) is 29.4 Å². The van der Waals surface area contributed by atoms with Crippen molar-refractivity contribution in [2.24, 2.45) is 17.8 Å². The summed E-state index contributed by atoms with van der Waals surface area (Å²) < 4.78 is 36.7. The van der Waals surface area contributed by atoms with Crippen LogP contribution < -0.4 is 5.32 Å². The van der Waals surface area contributed by atoms with Gasteiger partial charge in [-0.2, -0.15) is 0 Å². The van der Waals surface area contributed by atoms with Crippen LogP contribution in [0.25, 0.3) is 0 Å². The van der Waals surface area contributed by atoms with Gasteiger partial charge in [-0.15, -0.1) is 0 Å². The van der Waals surface area contributed by atoms with E-state index in [0.717, 1.165) is 12.1 Å². The summed E-state index contributed by atoms with van der Waals surface area (Å²) >= 11 is 0. The molecule has 7 nitrogen and oxygen atoms in total. The highest BCUT2D eigenvalue weighted by molar-refractivity contribution is 5.90.